The number of nitrogens with zero attached hydrogens (tertiary/aromatic N) is 1. The molecule has 258 valence electrons. The fourth-order valence-electron chi connectivity index (χ4n) is 6.31. The molecule has 2 unspecified atom stereocenters. The van der Waals surface area contributed by atoms with Crippen molar-refractivity contribution in [2.45, 2.75) is 137 Å². The third-order valence-corrected chi connectivity index (χ3v) is 9.85. The molecule has 1 aromatic carbocycles. The Balaban J connectivity index is 1.75. The quantitative estimate of drug-likeness (QED) is 0.0325. The maximum absolute atomic E-state index is 13.1. The highest BCUT2D eigenvalue weighted by atomic mass is 31.2. The molecule has 0 aliphatic carbocycles. The third kappa shape index (κ3) is 15.6. The SMILES string of the molecule is CCCCCCCCCCCCCCCCOCC(COP(=O)([O-])OC(=C1CCC[N+]1(CC)CC)c1ccccc1)OC(C)=O. The van der Waals surface area contributed by atoms with Crippen molar-refractivity contribution in [3.8, 4) is 0 Å². The maximum Gasteiger partial charge on any atom is 0.320 e. The van der Waals surface area contributed by atoms with E-state index in [9.17, 15) is 14.3 Å². The van der Waals surface area contributed by atoms with Gasteiger partial charge in [-0.05, 0) is 20.3 Å². The zero-order valence-corrected chi connectivity index (χ0v) is 29.7. The van der Waals surface area contributed by atoms with Crippen LogP contribution in [0.4, 0.5) is 0 Å². The smallest absolute Gasteiger partial charge is 0.320 e. The Bertz CT molecular complexity index is 1010. The monoisotopic (exact) mass is 651 g/mol. The first kappa shape index (κ1) is 39.5. The molecule has 1 aliphatic heterocycles. The fraction of sp³-hybridized carbons (Fsp3) is 0.750. The molecular formula is C36H62NO7P. The van der Waals surface area contributed by atoms with E-state index in [1.807, 2.05) is 30.3 Å². The van der Waals surface area contributed by atoms with Gasteiger partial charge in [0.1, 0.15) is 6.10 Å². The number of carbonyl (C=O) groups excluding carboxylic acids is 1. The number of unbranched alkanes of at least 4 members (excludes halogenated alkanes) is 13. The zero-order valence-electron chi connectivity index (χ0n) is 28.8. The molecule has 1 fully saturated rings. The summed E-state index contributed by atoms with van der Waals surface area (Å²) in [5.41, 5.74) is 1.67. The van der Waals surface area contributed by atoms with E-state index in [1.54, 1.807) is 0 Å². The molecule has 1 aliphatic rings. The molecule has 8 nitrogen and oxygen atoms in total. The van der Waals surface area contributed by atoms with Crippen LogP contribution >= 0.6 is 7.82 Å². The summed E-state index contributed by atoms with van der Waals surface area (Å²) in [6.45, 7) is 10.7. The van der Waals surface area contributed by atoms with Gasteiger partial charge in [-0.3, -0.25) is 13.8 Å². The van der Waals surface area contributed by atoms with Gasteiger partial charge in [0.15, 0.2) is 11.5 Å². The number of esters is 1. The lowest BCUT2D eigenvalue weighted by molar-refractivity contribution is -0.879. The molecule has 0 aromatic heterocycles. The Morgan fingerprint density at radius 3 is 1.93 bits per heavy atom. The number of hydrogen-bond acceptors (Lipinski definition) is 7. The van der Waals surface area contributed by atoms with Gasteiger partial charge in [0.2, 0.25) is 0 Å². The molecule has 2 rings (SSSR count). The average Bonchev–Trinajstić information content (AvgIpc) is 3.46. The minimum Gasteiger partial charge on any atom is -0.746 e. The van der Waals surface area contributed by atoms with Crippen LogP contribution in [0.25, 0.3) is 5.76 Å². The van der Waals surface area contributed by atoms with Crippen molar-refractivity contribution in [3.05, 3.63) is 41.6 Å². The van der Waals surface area contributed by atoms with Gasteiger partial charge < -0.3 is 23.4 Å². The van der Waals surface area contributed by atoms with E-state index in [4.69, 9.17) is 18.5 Å². The van der Waals surface area contributed by atoms with E-state index in [-0.39, 0.29) is 13.2 Å². The van der Waals surface area contributed by atoms with Crippen molar-refractivity contribution < 1.29 is 37.3 Å². The van der Waals surface area contributed by atoms with Gasteiger partial charge in [0.05, 0.1) is 32.8 Å². The first-order chi connectivity index (χ1) is 21.8. The number of allylic oxidation sites excluding steroid dienone is 1. The number of likely N-dealkylation sites (tertiary alicyclic amines) is 1. The fourth-order valence-corrected chi connectivity index (χ4v) is 7.15. The summed E-state index contributed by atoms with van der Waals surface area (Å²) in [5, 5.41) is 0. The van der Waals surface area contributed by atoms with Gasteiger partial charge in [-0.2, -0.15) is 0 Å². The molecule has 1 heterocycles. The van der Waals surface area contributed by atoms with Crippen molar-refractivity contribution in [1.29, 1.82) is 0 Å². The van der Waals surface area contributed by atoms with Crippen LogP contribution in [0.3, 0.4) is 0 Å². The highest BCUT2D eigenvalue weighted by Crippen LogP contribution is 2.47. The lowest BCUT2D eigenvalue weighted by Gasteiger charge is -2.35. The van der Waals surface area contributed by atoms with Crippen LogP contribution < -0.4 is 4.89 Å². The number of benzene rings is 1. The van der Waals surface area contributed by atoms with Crippen molar-refractivity contribution in [3.63, 3.8) is 0 Å². The van der Waals surface area contributed by atoms with Crippen LogP contribution in [0.1, 0.15) is 136 Å². The third-order valence-electron chi connectivity index (χ3n) is 8.98. The van der Waals surface area contributed by atoms with E-state index in [2.05, 4.69) is 20.8 Å². The highest BCUT2D eigenvalue weighted by Gasteiger charge is 2.39. The molecule has 0 amide bonds. The van der Waals surface area contributed by atoms with E-state index < -0.39 is 19.9 Å². The molecule has 0 N–H and O–H groups in total. The van der Waals surface area contributed by atoms with Crippen LogP contribution in [0.5, 0.6) is 0 Å². The van der Waals surface area contributed by atoms with E-state index in [0.29, 0.717) is 22.4 Å². The summed E-state index contributed by atoms with van der Waals surface area (Å²) in [4.78, 5) is 24.8. The van der Waals surface area contributed by atoms with E-state index in [0.717, 1.165) is 51.0 Å². The molecular weight excluding hydrogens is 589 g/mol. The summed E-state index contributed by atoms with van der Waals surface area (Å²) in [6.07, 6.45) is 18.9. The van der Waals surface area contributed by atoms with Gasteiger partial charge in [0, 0.05) is 31.9 Å². The largest absolute Gasteiger partial charge is 0.746 e. The van der Waals surface area contributed by atoms with Crippen LogP contribution in [-0.4, -0.2) is 56.0 Å². The van der Waals surface area contributed by atoms with E-state index in [1.165, 1.54) is 84.0 Å². The second-order valence-electron chi connectivity index (χ2n) is 12.5. The zero-order chi connectivity index (χ0) is 32.8. The number of ether oxygens (including phenoxy) is 2. The van der Waals surface area contributed by atoms with Crippen LogP contribution in [-0.2, 0) is 27.9 Å². The Morgan fingerprint density at radius 1 is 0.844 bits per heavy atom. The average molecular weight is 652 g/mol. The second kappa shape index (κ2) is 22.8. The molecule has 1 aromatic rings. The minimum atomic E-state index is -4.78. The first-order valence-electron chi connectivity index (χ1n) is 17.8. The number of phosphoric ester groups is 1. The van der Waals surface area contributed by atoms with Crippen molar-refractivity contribution in [2.75, 3.05) is 39.5 Å². The Kier molecular flexibility index (Phi) is 20.0. The molecule has 0 saturated carbocycles. The standard InChI is InChI=1S/C36H62NO7P/c1-5-8-9-10-11-12-13-14-15-16-17-18-19-23-29-41-30-34(43-32(4)38)31-42-45(39,40)44-36(33-25-21-20-22-26-33)35-27-24-28-37(35,6-2)7-3/h20-22,25-26,34H,5-19,23-24,27-31H2,1-4H3. The normalized spacial score (nSPS) is 17.5. The molecule has 2 atom stereocenters. The van der Waals surface area contributed by atoms with E-state index >= 15 is 0 Å². The molecule has 0 radical (unpaired) electrons. The lowest BCUT2D eigenvalue weighted by Crippen LogP contribution is -2.43. The Morgan fingerprint density at radius 2 is 1.40 bits per heavy atom. The molecule has 45 heavy (non-hydrogen) atoms. The highest BCUT2D eigenvalue weighted by molar-refractivity contribution is 7.46. The summed E-state index contributed by atoms with van der Waals surface area (Å²) < 4.78 is 35.9. The Labute approximate surface area is 274 Å². The maximum atomic E-state index is 13.1. The summed E-state index contributed by atoms with van der Waals surface area (Å²) in [6, 6.07) is 9.33. The number of rotatable bonds is 26. The molecule has 0 spiro atoms. The van der Waals surface area contributed by atoms with Gasteiger partial charge in [-0.1, -0.05) is 121 Å². The molecule has 0 bridgehead atoms. The second-order valence-corrected chi connectivity index (χ2v) is 13.8. The number of carbonyl (C=O) groups is 1. The van der Waals surface area contributed by atoms with Crippen molar-refractivity contribution in [2.24, 2.45) is 0 Å². The Hall–Kier alpha value is -1.70. The predicted molar refractivity (Wildman–Crippen MR) is 180 cm³/mol. The van der Waals surface area contributed by atoms with Gasteiger partial charge in [-0.15, -0.1) is 0 Å². The number of quaternary nitrogens is 1. The number of hydrogen-bond donors (Lipinski definition) is 0. The lowest BCUT2D eigenvalue weighted by atomic mass is 10.0. The summed E-state index contributed by atoms with van der Waals surface area (Å²) in [7, 11) is -4.78. The van der Waals surface area contributed by atoms with Crippen LogP contribution in [0.15, 0.2) is 36.0 Å². The van der Waals surface area contributed by atoms with Gasteiger partial charge in [0.25, 0.3) is 0 Å². The van der Waals surface area contributed by atoms with Crippen molar-refractivity contribution in [1.82, 2.24) is 0 Å². The number of phosphoric acid groups is 1. The topological polar surface area (TPSA) is 94.1 Å². The summed E-state index contributed by atoms with van der Waals surface area (Å²) >= 11 is 0. The van der Waals surface area contributed by atoms with Crippen LogP contribution in [0, 0.1) is 0 Å². The van der Waals surface area contributed by atoms with Gasteiger partial charge >= 0.3 is 13.8 Å². The minimum absolute atomic E-state index is 0.0658. The van der Waals surface area contributed by atoms with Crippen LogP contribution in [0.2, 0.25) is 0 Å². The predicted octanol–water partition coefficient (Wildman–Crippen LogP) is 8.94. The van der Waals surface area contributed by atoms with Gasteiger partial charge in [-0.25, -0.2) is 0 Å². The van der Waals surface area contributed by atoms with Crippen molar-refractivity contribution >= 4 is 19.6 Å². The summed E-state index contributed by atoms with van der Waals surface area (Å²) in [5.74, 6) is -0.176. The first-order valence-corrected chi connectivity index (χ1v) is 19.3. The molecule has 1 saturated heterocycles. The molecule has 9 heteroatoms.